The smallest absolute Gasteiger partial charge is 0.257 e. The largest absolute Gasteiger partial charge is 0.368 e. The van der Waals surface area contributed by atoms with Crippen molar-refractivity contribution in [2.75, 3.05) is 17.2 Å². The first-order chi connectivity index (χ1) is 13.1. The minimum Gasteiger partial charge on any atom is -0.368 e. The van der Waals surface area contributed by atoms with Crippen molar-refractivity contribution < 1.29 is 14.3 Å². The van der Waals surface area contributed by atoms with Gasteiger partial charge in [0.1, 0.15) is 17.7 Å². The summed E-state index contributed by atoms with van der Waals surface area (Å²) >= 11 is 0. The van der Waals surface area contributed by atoms with Crippen LogP contribution in [0.25, 0.3) is 0 Å². The van der Waals surface area contributed by atoms with Crippen molar-refractivity contribution in [3.8, 4) is 0 Å². The number of hydrogen-bond acceptors (Lipinski definition) is 4. The van der Waals surface area contributed by atoms with Gasteiger partial charge >= 0.3 is 0 Å². The molecule has 1 fully saturated rings. The molecule has 4 rings (SSSR count). The molecule has 7 nitrogen and oxygen atoms in total. The van der Waals surface area contributed by atoms with Crippen LogP contribution in [-0.4, -0.2) is 34.1 Å². The van der Waals surface area contributed by atoms with E-state index in [0.29, 0.717) is 17.9 Å². The second-order valence-electron chi connectivity index (χ2n) is 7.09. The number of rotatable bonds is 4. The maximum absolute atomic E-state index is 12.8. The fourth-order valence-electron chi connectivity index (χ4n) is 3.71. The zero-order valence-electron chi connectivity index (χ0n) is 15.5. The second-order valence-corrected chi connectivity index (χ2v) is 7.09. The Balaban J connectivity index is 1.50. The molecule has 0 aliphatic carbocycles. The van der Waals surface area contributed by atoms with Crippen LogP contribution in [0.2, 0.25) is 0 Å². The topological polar surface area (TPSA) is 85.2 Å². The lowest BCUT2D eigenvalue weighted by atomic mass is 10.1. The van der Waals surface area contributed by atoms with Crippen LogP contribution in [0.3, 0.4) is 0 Å². The Morgan fingerprint density at radius 2 is 2.11 bits per heavy atom. The minimum absolute atomic E-state index is 0.155. The maximum atomic E-state index is 12.8. The van der Waals surface area contributed by atoms with E-state index in [0.717, 1.165) is 55.9 Å². The molecule has 2 aliphatic heterocycles. The highest BCUT2D eigenvalue weighted by Gasteiger charge is 2.24. The van der Waals surface area contributed by atoms with E-state index in [9.17, 15) is 9.59 Å². The van der Waals surface area contributed by atoms with Crippen LogP contribution < -0.4 is 10.6 Å². The van der Waals surface area contributed by atoms with E-state index in [-0.39, 0.29) is 11.8 Å². The number of anilines is 2. The molecule has 1 atom stereocenters. The molecule has 1 unspecified atom stereocenters. The number of fused-ring (bicyclic) bond motifs is 1. The van der Waals surface area contributed by atoms with Gasteiger partial charge in [-0.05, 0) is 50.3 Å². The van der Waals surface area contributed by atoms with Gasteiger partial charge < -0.3 is 19.9 Å². The third kappa shape index (κ3) is 3.60. The number of amides is 2. The van der Waals surface area contributed by atoms with Crippen molar-refractivity contribution >= 4 is 23.3 Å². The Bertz CT molecular complexity index is 868. The Morgan fingerprint density at radius 3 is 2.93 bits per heavy atom. The number of benzene rings is 1. The molecule has 27 heavy (non-hydrogen) atoms. The van der Waals surface area contributed by atoms with Crippen molar-refractivity contribution in [1.29, 1.82) is 0 Å². The van der Waals surface area contributed by atoms with E-state index in [2.05, 4.69) is 20.2 Å². The van der Waals surface area contributed by atoms with Gasteiger partial charge in [-0.3, -0.25) is 9.59 Å². The number of ether oxygens (including phenoxy) is 1. The van der Waals surface area contributed by atoms with E-state index in [1.54, 1.807) is 24.4 Å². The average Bonchev–Trinajstić information content (AvgIpc) is 3.34. The van der Waals surface area contributed by atoms with Gasteiger partial charge in [-0.15, -0.1) is 0 Å². The zero-order valence-corrected chi connectivity index (χ0v) is 15.5. The molecule has 1 saturated heterocycles. The zero-order chi connectivity index (χ0) is 18.8. The summed E-state index contributed by atoms with van der Waals surface area (Å²) in [6.07, 6.45) is 6.12. The third-order valence-electron chi connectivity index (χ3n) is 5.27. The molecule has 0 bridgehead atoms. The van der Waals surface area contributed by atoms with Crippen molar-refractivity contribution in [1.82, 2.24) is 9.55 Å². The van der Waals surface area contributed by atoms with Gasteiger partial charge in [-0.1, -0.05) is 6.07 Å². The number of carbonyl (C=O) groups excluding carboxylic acids is 2. The Morgan fingerprint density at radius 1 is 1.22 bits per heavy atom. The molecular formula is C20H24N4O3. The molecule has 1 aromatic heterocycles. The molecule has 2 N–H and O–H groups in total. The highest BCUT2D eigenvalue weighted by Crippen LogP contribution is 2.24. The lowest BCUT2D eigenvalue weighted by Crippen LogP contribution is -2.27. The SMILES string of the molecule is Cc1c(NC(=O)C2CCCO2)cccc1C(=O)Nc1cnc2n1CCCC2. The highest BCUT2D eigenvalue weighted by molar-refractivity contribution is 6.06. The number of aryl methyl sites for hydroxylation is 1. The molecule has 0 spiro atoms. The summed E-state index contributed by atoms with van der Waals surface area (Å²) < 4.78 is 7.50. The van der Waals surface area contributed by atoms with Crippen molar-refractivity contribution in [3.05, 3.63) is 41.3 Å². The first-order valence-corrected chi connectivity index (χ1v) is 9.51. The number of imidazole rings is 1. The molecule has 0 radical (unpaired) electrons. The average molecular weight is 368 g/mol. The lowest BCUT2D eigenvalue weighted by molar-refractivity contribution is -0.124. The summed E-state index contributed by atoms with van der Waals surface area (Å²) in [7, 11) is 0. The monoisotopic (exact) mass is 368 g/mol. The standard InChI is InChI=1S/C20H24N4O3/c1-13-14(6-4-7-15(13)22-20(26)16-8-5-11-27-16)19(25)23-18-12-21-17-9-2-3-10-24(17)18/h4,6-7,12,16H,2-3,5,8-11H2,1H3,(H,22,26)(H,23,25). The van der Waals surface area contributed by atoms with Crippen molar-refractivity contribution in [2.45, 2.75) is 51.7 Å². The highest BCUT2D eigenvalue weighted by atomic mass is 16.5. The first kappa shape index (κ1) is 17.7. The fraction of sp³-hybridized carbons (Fsp3) is 0.450. The molecular weight excluding hydrogens is 344 g/mol. The normalized spacial score (nSPS) is 18.8. The van der Waals surface area contributed by atoms with Crippen LogP contribution >= 0.6 is 0 Å². The van der Waals surface area contributed by atoms with E-state index < -0.39 is 6.10 Å². The van der Waals surface area contributed by atoms with E-state index in [4.69, 9.17) is 4.74 Å². The molecule has 2 aromatic rings. The van der Waals surface area contributed by atoms with Crippen LogP contribution in [0, 0.1) is 6.92 Å². The molecule has 2 amide bonds. The first-order valence-electron chi connectivity index (χ1n) is 9.51. The van der Waals surface area contributed by atoms with Gasteiger partial charge in [-0.25, -0.2) is 4.98 Å². The summed E-state index contributed by atoms with van der Waals surface area (Å²) in [6.45, 7) is 3.34. The quantitative estimate of drug-likeness (QED) is 0.869. The summed E-state index contributed by atoms with van der Waals surface area (Å²) in [6, 6.07) is 5.35. The number of nitrogens with zero attached hydrogens (tertiary/aromatic N) is 2. The lowest BCUT2D eigenvalue weighted by Gasteiger charge is -2.17. The number of aromatic nitrogens is 2. The molecule has 2 aliphatic rings. The van der Waals surface area contributed by atoms with Crippen molar-refractivity contribution in [3.63, 3.8) is 0 Å². The van der Waals surface area contributed by atoms with Gasteiger partial charge in [-0.2, -0.15) is 0 Å². The summed E-state index contributed by atoms with van der Waals surface area (Å²) in [5.41, 5.74) is 1.91. The van der Waals surface area contributed by atoms with Crippen LogP contribution in [0.4, 0.5) is 11.5 Å². The summed E-state index contributed by atoms with van der Waals surface area (Å²) in [5, 5.41) is 5.86. The van der Waals surface area contributed by atoms with Gasteiger partial charge in [0.05, 0.1) is 6.20 Å². The Labute approximate surface area is 158 Å². The van der Waals surface area contributed by atoms with Crippen LogP contribution in [0.5, 0.6) is 0 Å². The van der Waals surface area contributed by atoms with Gasteiger partial charge in [0.25, 0.3) is 11.8 Å². The van der Waals surface area contributed by atoms with Crippen molar-refractivity contribution in [2.24, 2.45) is 0 Å². The molecule has 3 heterocycles. The van der Waals surface area contributed by atoms with Gasteiger partial charge in [0.2, 0.25) is 0 Å². The predicted molar refractivity (Wildman–Crippen MR) is 102 cm³/mol. The molecule has 7 heteroatoms. The number of carbonyl (C=O) groups is 2. The van der Waals surface area contributed by atoms with Crippen LogP contribution in [0.15, 0.2) is 24.4 Å². The molecule has 0 saturated carbocycles. The Hall–Kier alpha value is -2.67. The van der Waals surface area contributed by atoms with Gasteiger partial charge in [0, 0.05) is 30.8 Å². The van der Waals surface area contributed by atoms with E-state index >= 15 is 0 Å². The fourth-order valence-corrected chi connectivity index (χ4v) is 3.71. The minimum atomic E-state index is -0.403. The maximum Gasteiger partial charge on any atom is 0.257 e. The van der Waals surface area contributed by atoms with Gasteiger partial charge in [0.15, 0.2) is 0 Å². The summed E-state index contributed by atoms with van der Waals surface area (Å²) in [5.74, 6) is 1.39. The number of hydrogen-bond donors (Lipinski definition) is 2. The Kier molecular flexibility index (Phi) is 4.94. The molecule has 1 aromatic carbocycles. The van der Waals surface area contributed by atoms with E-state index in [1.807, 2.05) is 6.92 Å². The predicted octanol–water partition coefficient (Wildman–Crippen LogP) is 2.90. The third-order valence-corrected chi connectivity index (χ3v) is 5.27. The second kappa shape index (κ2) is 7.52. The van der Waals surface area contributed by atoms with Crippen LogP contribution in [-0.2, 0) is 22.5 Å². The molecule has 142 valence electrons. The number of nitrogens with one attached hydrogen (secondary N) is 2. The van der Waals surface area contributed by atoms with Crippen LogP contribution in [0.1, 0.15) is 47.4 Å². The summed E-state index contributed by atoms with van der Waals surface area (Å²) in [4.78, 5) is 29.5. The van der Waals surface area contributed by atoms with E-state index in [1.165, 1.54) is 0 Å².